The third kappa shape index (κ3) is 3.98. The Morgan fingerprint density at radius 2 is 2.00 bits per heavy atom. The van der Waals surface area contributed by atoms with Gasteiger partial charge in [0.25, 0.3) is 5.91 Å². The number of nitrogens with zero attached hydrogens (tertiary/aromatic N) is 1. The number of rotatable bonds is 4. The zero-order valence-corrected chi connectivity index (χ0v) is 10.6. The van der Waals surface area contributed by atoms with Crippen LogP contribution in [0.5, 0.6) is 5.75 Å². The number of benzene rings is 1. The van der Waals surface area contributed by atoms with E-state index < -0.39 is 28.8 Å². The maximum atomic E-state index is 12.1. The number of hydrogen-bond donors (Lipinski definition) is 1. The Kier molecular flexibility index (Phi) is 4.02. The van der Waals surface area contributed by atoms with Crippen LogP contribution in [0.2, 0.25) is 0 Å². The van der Waals surface area contributed by atoms with Crippen LogP contribution >= 0.6 is 0 Å². The molecule has 0 fully saturated rings. The van der Waals surface area contributed by atoms with Gasteiger partial charge in [-0.25, -0.2) is 0 Å². The molecule has 0 saturated carbocycles. The highest BCUT2D eigenvalue weighted by molar-refractivity contribution is 6.02. The highest BCUT2D eigenvalue weighted by Crippen LogP contribution is 2.25. The third-order valence-electron chi connectivity index (χ3n) is 2.32. The lowest BCUT2D eigenvalue weighted by atomic mass is 10.3. The molecule has 0 radical (unpaired) electrons. The van der Waals surface area contributed by atoms with Crippen molar-refractivity contribution in [1.82, 2.24) is 0 Å². The van der Waals surface area contributed by atoms with Gasteiger partial charge in [-0.05, 0) is 18.2 Å². The minimum atomic E-state index is -4.86. The Balaban J connectivity index is 2.11. The Bertz CT molecular complexity index is 711. The Hall–Kier alpha value is -3.04. The molecule has 7 nitrogen and oxygen atoms in total. The van der Waals surface area contributed by atoms with Crippen molar-refractivity contribution in [2.75, 3.05) is 5.32 Å². The van der Waals surface area contributed by atoms with Gasteiger partial charge in [0.2, 0.25) is 0 Å². The number of anilines is 1. The summed E-state index contributed by atoms with van der Waals surface area (Å²) in [6.07, 6.45) is -4.86. The van der Waals surface area contributed by atoms with Gasteiger partial charge in [-0.15, -0.1) is 13.2 Å². The first kappa shape index (κ1) is 15.4. The number of halogens is 3. The lowest BCUT2D eigenvalue weighted by Crippen LogP contribution is -2.17. The maximum absolute atomic E-state index is 12.1. The number of nitro groups is 1. The van der Waals surface area contributed by atoms with Crippen molar-refractivity contribution in [3.05, 3.63) is 52.3 Å². The van der Waals surface area contributed by atoms with Gasteiger partial charge >= 0.3 is 12.2 Å². The Morgan fingerprint density at radius 1 is 1.27 bits per heavy atom. The van der Waals surface area contributed by atoms with Crippen LogP contribution in [0.1, 0.15) is 10.6 Å². The quantitative estimate of drug-likeness (QED) is 0.689. The number of carbonyl (C=O) groups excluding carboxylic acids is 1. The summed E-state index contributed by atoms with van der Waals surface area (Å²) in [6, 6.07) is 6.62. The number of amides is 1. The van der Waals surface area contributed by atoms with Crippen molar-refractivity contribution in [1.29, 1.82) is 0 Å². The fourth-order valence-corrected chi connectivity index (χ4v) is 1.51. The minimum Gasteiger partial charge on any atom is -0.406 e. The van der Waals surface area contributed by atoms with Crippen molar-refractivity contribution in [2.45, 2.75) is 6.36 Å². The Morgan fingerprint density at radius 3 is 2.59 bits per heavy atom. The van der Waals surface area contributed by atoms with Crippen molar-refractivity contribution in [3.63, 3.8) is 0 Å². The predicted molar refractivity (Wildman–Crippen MR) is 66.4 cm³/mol. The van der Waals surface area contributed by atoms with Crippen LogP contribution in [0.25, 0.3) is 0 Å². The van der Waals surface area contributed by atoms with Crippen LogP contribution in [0.4, 0.5) is 24.7 Å². The number of alkyl halides is 3. The van der Waals surface area contributed by atoms with Gasteiger partial charge in [-0.3, -0.25) is 14.9 Å². The fraction of sp³-hybridized carbons (Fsp3) is 0.0833. The molecular formula is C12H7F3N2O5. The molecule has 0 saturated heterocycles. The smallest absolute Gasteiger partial charge is 0.406 e. The highest BCUT2D eigenvalue weighted by Gasteiger charge is 2.31. The summed E-state index contributed by atoms with van der Waals surface area (Å²) in [7, 11) is 0. The van der Waals surface area contributed by atoms with E-state index in [1.807, 2.05) is 0 Å². The molecule has 1 aromatic heterocycles. The summed E-state index contributed by atoms with van der Waals surface area (Å²) in [6.45, 7) is 0. The van der Waals surface area contributed by atoms with E-state index in [0.29, 0.717) is 0 Å². The summed E-state index contributed by atoms with van der Waals surface area (Å²) < 4.78 is 44.6. The molecule has 0 atom stereocenters. The number of hydrogen-bond acceptors (Lipinski definition) is 5. The van der Waals surface area contributed by atoms with Crippen LogP contribution in [0.15, 0.2) is 40.8 Å². The van der Waals surface area contributed by atoms with E-state index in [4.69, 9.17) is 0 Å². The standard InChI is InChI=1S/C12H7F3N2O5/c13-12(14,15)22-8-3-1-2-7(6-8)16-11(18)9-4-5-10(21-9)17(19)20/h1-6H,(H,16,18). The summed E-state index contributed by atoms with van der Waals surface area (Å²) in [4.78, 5) is 21.4. The SMILES string of the molecule is O=C(Nc1cccc(OC(F)(F)F)c1)c1ccc([N+](=O)[O-])o1. The van der Waals surface area contributed by atoms with E-state index in [9.17, 15) is 28.1 Å². The molecule has 2 rings (SSSR count). The second kappa shape index (κ2) is 5.76. The van der Waals surface area contributed by atoms with E-state index >= 15 is 0 Å². The van der Waals surface area contributed by atoms with E-state index in [1.54, 1.807) is 0 Å². The van der Waals surface area contributed by atoms with Crippen molar-refractivity contribution in [3.8, 4) is 5.75 Å². The molecule has 0 spiro atoms. The van der Waals surface area contributed by atoms with Crippen molar-refractivity contribution >= 4 is 17.5 Å². The average molecular weight is 316 g/mol. The second-order valence-corrected chi connectivity index (χ2v) is 3.92. The number of carbonyl (C=O) groups is 1. The second-order valence-electron chi connectivity index (χ2n) is 3.92. The first-order valence-electron chi connectivity index (χ1n) is 5.66. The van der Waals surface area contributed by atoms with Crippen LogP contribution in [0, 0.1) is 10.1 Å². The molecule has 1 amide bonds. The summed E-state index contributed by atoms with van der Waals surface area (Å²) in [5.74, 6) is -2.35. The van der Waals surface area contributed by atoms with Crippen molar-refractivity contribution in [2.24, 2.45) is 0 Å². The molecule has 116 valence electrons. The predicted octanol–water partition coefficient (Wildman–Crippen LogP) is 3.34. The number of nitrogens with one attached hydrogen (secondary N) is 1. The normalized spacial score (nSPS) is 11.0. The summed E-state index contributed by atoms with van der Waals surface area (Å²) in [5.41, 5.74) is 0.00537. The molecule has 0 aliphatic rings. The van der Waals surface area contributed by atoms with E-state index in [-0.39, 0.29) is 11.4 Å². The molecular weight excluding hydrogens is 309 g/mol. The van der Waals surface area contributed by atoms with Crippen molar-refractivity contribution < 1.29 is 32.0 Å². The largest absolute Gasteiger partial charge is 0.573 e. The van der Waals surface area contributed by atoms with Gasteiger partial charge in [0.05, 0.1) is 6.07 Å². The molecule has 1 aromatic carbocycles. The Labute approximate surface area is 120 Å². The van der Waals surface area contributed by atoms with Gasteiger partial charge in [-0.1, -0.05) is 6.07 Å². The summed E-state index contributed by atoms with van der Waals surface area (Å²) in [5, 5.41) is 12.7. The lowest BCUT2D eigenvalue weighted by molar-refractivity contribution is -0.402. The van der Waals surface area contributed by atoms with Crippen LogP contribution < -0.4 is 10.1 Å². The van der Waals surface area contributed by atoms with Crippen LogP contribution in [-0.2, 0) is 0 Å². The van der Waals surface area contributed by atoms with Gasteiger partial charge in [-0.2, -0.15) is 0 Å². The van der Waals surface area contributed by atoms with Gasteiger partial charge in [0.1, 0.15) is 10.7 Å². The molecule has 2 aromatic rings. The molecule has 1 heterocycles. The number of furan rings is 1. The monoisotopic (exact) mass is 316 g/mol. The molecule has 22 heavy (non-hydrogen) atoms. The average Bonchev–Trinajstić information content (AvgIpc) is 2.86. The molecule has 0 aliphatic heterocycles. The fourth-order valence-electron chi connectivity index (χ4n) is 1.51. The number of ether oxygens (including phenoxy) is 1. The summed E-state index contributed by atoms with van der Waals surface area (Å²) >= 11 is 0. The molecule has 10 heteroatoms. The molecule has 0 unspecified atom stereocenters. The van der Waals surface area contributed by atoms with Gasteiger partial charge < -0.3 is 14.5 Å². The van der Waals surface area contributed by atoms with Crippen LogP contribution in [-0.4, -0.2) is 17.2 Å². The highest BCUT2D eigenvalue weighted by atomic mass is 19.4. The topological polar surface area (TPSA) is 94.6 Å². The van der Waals surface area contributed by atoms with E-state index in [2.05, 4.69) is 14.5 Å². The molecule has 1 N–H and O–H groups in total. The lowest BCUT2D eigenvalue weighted by Gasteiger charge is -2.10. The third-order valence-corrected chi connectivity index (χ3v) is 2.32. The van der Waals surface area contributed by atoms with Gasteiger partial charge in [0.15, 0.2) is 5.76 Å². The van der Waals surface area contributed by atoms with E-state index in [0.717, 1.165) is 24.3 Å². The first-order chi connectivity index (χ1) is 10.2. The van der Waals surface area contributed by atoms with E-state index in [1.165, 1.54) is 12.1 Å². The zero-order chi connectivity index (χ0) is 16.3. The first-order valence-corrected chi connectivity index (χ1v) is 5.66. The van der Waals surface area contributed by atoms with Crippen LogP contribution in [0.3, 0.4) is 0 Å². The maximum Gasteiger partial charge on any atom is 0.573 e. The molecule has 0 aliphatic carbocycles. The minimum absolute atomic E-state index is 0.00537. The van der Waals surface area contributed by atoms with Gasteiger partial charge in [0, 0.05) is 11.8 Å². The molecule has 0 bridgehead atoms. The zero-order valence-electron chi connectivity index (χ0n) is 10.6.